The van der Waals surface area contributed by atoms with Crippen LogP contribution in [0.25, 0.3) is 0 Å². The Morgan fingerprint density at radius 2 is 2.00 bits per heavy atom. The lowest BCUT2D eigenvalue weighted by Gasteiger charge is -2.03. The maximum absolute atomic E-state index is 11.0. The number of benzene rings is 1. The van der Waals surface area contributed by atoms with Crippen molar-refractivity contribution in [3.63, 3.8) is 0 Å². The molecule has 0 aromatic heterocycles. The van der Waals surface area contributed by atoms with Gasteiger partial charge in [0.15, 0.2) is 0 Å². The highest BCUT2D eigenvalue weighted by Gasteiger charge is 2.24. The highest BCUT2D eigenvalue weighted by Crippen LogP contribution is 2.41. The van der Waals surface area contributed by atoms with Gasteiger partial charge in [-0.3, -0.25) is 0 Å². The fraction of sp³-hybridized carbons (Fsp3) is 0.333. The SMILES string of the molecule is NS(=O)(=O)c1ccc(C2CC2)cc1Cl. The van der Waals surface area contributed by atoms with E-state index in [9.17, 15) is 8.42 Å². The lowest BCUT2D eigenvalue weighted by atomic mass is 10.1. The molecule has 14 heavy (non-hydrogen) atoms. The molecule has 5 heteroatoms. The van der Waals surface area contributed by atoms with Crippen LogP contribution in [0.3, 0.4) is 0 Å². The van der Waals surface area contributed by atoms with Crippen molar-refractivity contribution in [2.45, 2.75) is 23.7 Å². The Kier molecular flexibility index (Phi) is 2.29. The molecule has 2 rings (SSSR count). The van der Waals surface area contributed by atoms with Gasteiger partial charge in [-0.25, -0.2) is 13.6 Å². The van der Waals surface area contributed by atoms with Crippen LogP contribution in [-0.2, 0) is 10.0 Å². The summed E-state index contributed by atoms with van der Waals surface area (Å²) in [4.78, 5) is 0.00330. The molecule has 2 N–H and O–H groups in total. The first-order valence-corrected chi connectivity index (χ1v) is 6.23. The maximum atomic E-state index is 11.0. The number of rotatable bonds is 2. The molecule has 0 radical (unpaired) electrons. The van der Waals surface area contributed by atoms with Crippen molar-refractivity contribution in [2.24, 2.45) is 5.14 Å². The second-order valence-corrected chi connectivity index (χ2v) is 5.45. The third-order valence-electron chi connectivity index (χ3n) is 2.31. The topological polar surface area (TPSA) is 60.2 Å². The highest BCUT2D eigenvalue weighted by molar-refractivity contribution is 7.89. The van der Waals surface area contributed by atoms with Gasteiger partial charge in [-0.15, -0.1) is 0 Å². The Labute approximate surface area is 87.9 Å². The molecule has 76 valence electrons. The van der Waals surface area contributed by atoms with Gasteiger partial charge in [0.2, 0.25) is 10.0 Å². The summed E-state index contributed by atoms with van der Waals surface area (Å²) in [7, 11) is -3.69. The smallest absolute Gasteiger partial charge is 0.225 e. The van der Waals surface area contributed by atoms with Crippen molar-refractivity contribution < 1.29 is 8.42 Å². The molecule has 0 aliphatic heterocycles. The van der Waals surface area contributed by atoms with Gasteiger partial charge >= 0.3 is 0 Å². The van der Waals surface area contributed by atoms with Crippen molar-refractivity contribution in [3.8, 4) is 0 Å². The molecule has 0 bridgehead atoms. The van der Waals surface area contributed by atoms with E-state index in [2.05, 4.69) is 0 Å². The first kappa shape index (κ1) is 9.96. The van der Waals surface area contributed by atoms with E-state index in [1.165, 1.54) is 6.07 Å². The van der Waals surface area contributed by atoms with Crippen molar-refractivity contribution in [1.29, 1.82) is 0 Å². The van der Waals surface area contributed by atoms with E-state index in [1.807, 2.05) is 0 Å². The maximum Gasteiger partial charge on any atom is 0.239 e. The van der Waals surface area contributed by atoms with Crippen molar-refractivity contribution in [1.82, 2.24) is 0 Å². The molecule has 0 atom stereocenters. The van der Waals surface area contributed by atoms with E-state index in [4.69, 9.17) is 16.7 Å². The second kappa shape index (κ2) is 3.22. The van der Waals surface area contributed by atoms with Gasteiger partial charge < -0.3 is 0 Å². The Bertz CT molecular complexity index is 466. The number of halogens is 1. The Morgan fingerprint density at radius 1 is 1.36 bits per heavy atom. The molecular formula is C9H10ClNO2S. The minimum absolute atomic E-state index is 0.00330. The van der Waals surface area contributed by atoms with Crippen LogP contribution in [0, 0.1) is 0 Å². The summed E-state index contributed by atoms with van der Waals surface area (Å²) in [5.74, 6) is 0.557. The molecule has 0 unspecified atom stereocenters. The molecule has 1 saturated carbocycles. The van der Waals surface area contributed by atoms with Gasteiger partial charge in [0.25, 0.3) is 0 Å². The van der Waals surface area contributed by atoms with E-state index < -0.39 is 10.0 Å². The summed E-state index contributed by atoms with van der Waals surface area (Å²) in [6, 6.07) is 4.95. The molecule has 0 spiro atoms. The number of sulfonamides is 1. The summed E-state index contributed by atoms with van der Waals surface area (Å²) < 4.78 is 22.1. The summed E-state index contributed by atoms with van der Waals surface area (Å²) in [6.07, 6.45) is 2.32. The number of primary sulfonamides is 1. The summed E-state index contributed by atoms with van der Waals surface area (Å²) in [6.45, 7) is 0. The van der Waals surface area contributed by atoms with Crippen LogP contribution >= 0.6 is 11.6 Å². The average Bonchev–Trinajstić information content (AvgIpc) is 2.83. The Balaban J connectivity index is 2.46. The van der Waals surface area contributed by atoms with Gasteiger partial charge in [0.1, 0.15) is 4.90 Å². The van der Waals surface area contributed by atoms with Crippen LogP contribution in [0.5, 0.6) is 0 Å². The molecule has 1 aliphatic carbocycles. The van der Waals surface area contributed by atoms with Crippen LogP contribution in [0.15, 0.2) is 23.1 Å². The molecule has 1 aromatic rings. The van der Waals surface area contributed by atoms with E-state index in [0.29, 0.717) is 5.92 Å². The van der Waals surface area contributed by atoms with Crippen molar-refractivity contribution >= 4 is 21.6 Å². The van der Waals surface area contributed by atoms with Crippen LogP contribution in [-0.4, -0.2) is 8.42 Å². The fourth-order valence-corrected chi connectivity index (χ4v) is 2.52. The molecule has 3 nitrogen and oxygen atoms in total. The standard InChI is InChI=1S/C9H10ClNO2S/c10-8-5-7(6-1-2-6)3-4-9(8)14(11,12)13/h3-6H,1-2H2,(H2,11,12,13). The molecular weight excluding hydrogens is 222 g/mol. The van der Waals surface area contributed by atoms with E-state index in [1.54, 1.807) is 12.1 Å². The molecule has 0 amide bonds. The first-order chi connectivity index (χ1) is 6.48. The quantitative estimate of drug-likeness (QED) is 0.845. The number of hydrogen-bond acceptors (Lipinski definition) is 2. The lowest BCUT2D eigenvalue weighted by molar-refractivity contribution is 0.598. The highest BCUT2D eigenvalue weighted by atomic mass is 35.5. The molecule has 0 saturated heterocycles. The monoisotopic (exact) mass is 231 g/mol. The van der Waals surface area contributed by atoms with Gasteiger partial charge in [-0.05, 0) is 36.5 Å². The van der Waals surface area contributed by atoms with Crippen LogP contribution in [0.2, 0.25) is 5.02 Å². The minimum Gasteiger partial charge on any atom is -0.225 e. The summed E-state index contributed by atoms with van der Waals surface area (Å²) in [5, 5.41) is 5.21. The zero-order valence-electron chi connectivity index (χ0n) is 7.40. The zero-order valence-corrected chi connectivity index (χ0v) is 8.98. The lowest BCUT2D eigenvalue weighted by Crippen LogP contribution is -2.12. The normalized spacial score (nSPS) is 17.0. The number of nitrogens with two attached hydrogens (primary N) is 1. The van der Waals surface area contributed by atoms with E-state index in [-0.39, 0.29) is 9.92 Å². The fourth-order valence-electron chi connectivity index (χ4n) is 1.42. The predicted molar refractivity (Wildman–Crippen MR) is 54.8 cm³/mol. The van der Waals surface area contributed by atoms with Crippen molar-refractivity contribution in [2.75, 3.05) is 0 Å². The largest absolute Gasteiger partial charge is 0.239 e. The van der Waals surface area contributed by atoms with Gasteiger partial charge in [-0.2, -0.15) is 0 Å². The zero-order chi connectivity index (χ0) is 10.3. The molecule has 0 heterocycles. The van der Waals surface area contributed by atoms with Crippen LogP contribution < -0.4 is 5.14 Å². The molecule has 1 aliphatic rings. The minimum atomic E-state index is -3.69. The third kappa shape index (κ3) is 1.92. The second-order valence-electron chi connectivity index (χ2n) is 3.51. The van der Waals surface area contributed by atoms with E-state index in [0.717, 1.165) is 18.4 Å². The third-order valence-corrected chi connectivity index (χ3v) is 3.71. The predicted octanol–water partition coefficient (Wildman–Crippen LogP) is 1.86. The van der Waals surface area contributed by atoms with Gasteiger partial charge in [0, 0.05) is 0 Å². The van der Waals surface area contributed by atoms with Crippen LogP contribution in [0.1, 0.15) is 24.3 Å². The summed E-state index contributed by atoms with van der Waals surface area (Å²) >= 11 is 5.83. The van der Waals surface area contributed by atoms with Crippen LogP contribution in [0.4, 0.5) is 0 Å². The number of hydrogen-bond donors (Lipinski definition) is 1. The Hall–Kier alpha value is -0.580. The van der Waals surface area contributed by atoms with Crippen molar-refractivity contribution in [3.05, 3.63) is 28.8 Å². The molecule has 1 aromatic carbocycles. The molecule has 1 fully saturated rings. The first-order valence-electron chi connectivity index (χ1n) is 4.31. The summed E-state index contributed by atoms with van der Waals surface area (Å²) in [5.41, 5.74) is 1.10. The van der Waals surface area contributed by atoms with Gasteiger partial charge in [-0.1, -0.05) is 17.7 Å². The average molecular weight is 232 g/mol. The Morgan fingerprint density at radius 3 is 2.43 bits per heavy atom. The van der Waals surface area contributed by atoms with E-state index >= 15 is 0 Å². The van der Waals surface area contributed by atoms with Gasteiger partial charge in [0.05, 0.1) is 5.02 Å².